The van der Waals surface area contributed by atoms with E-state index in [2.05, 4.69) is 15.5 Å². The predicted octanol–water partition coefficient (Wildman–Crippen LogP) is 2.72. The number of nitrogens with one attached hydrogen (secondary N) is 2. The van der Waals surface area contributed by atoms with Gasteiger partial charge in [0.25, 0.3) is 0 Å². The van der Waals surface area contributed by atoms with Gasteiger partial charge in [-0.1, -0.05) is 18.9 Å². The number of nitrogens with zero attached hydrogens (tertiary/aromatic N) is 2. The van der Waals surface area contributed by atoms with E-state index in [-0.39, 0.29) is 30.3 Å². The summed E-state index contributed by atoms with van der Waals surface area (Å²) in [6, 6.07) is 5.62. The van der Waals surface area contributed by atoms with Crippen LogP contribution in [0.4, 0.5) is 4.79 Å². The monoisotopic (exact) mass is 444 g/mol. The second-order valence-corrected chi connectivity index (χ2v) is 10.1. The smallest absolute Gasteiger partial charge is 0.317 e. The minimum absolute atomic E-state index is 0.0261. The third kappa shape index (κ3) is 5.46. The zero-order valence-electron chi connectivity index (χ0n) is 19.5. The molecule has 1 unspecified atom stereocenters. The van der Waals surface area contributed by atoms with Crippen LogP contribution in [0.5, 0.6) is 11.5 Å². The fraction of sp³-hybridized carbons (Fsp3) is 0.667. The molecule has 3 amide bonds. The topological polar surface area (TPSA) is 83.1 Å². The highest BCUT2D eigenvalue weighted by atomic mass is 16.7. The summed E-state index contributed by atoms with van der Waals surface area (Å²) in [5.41, 5.74) is 0.742. The number of fused-ring (bicyclic) bond motifs is 1. The normalized spacial score (nSPS) is 20.3. The SMILES string of the molecule is CC(C)(C)NC(=O)N1CCN(C(C(=O)NCc2ccc3c(c2)OCO3)C2CCCC2)CC1. The van der Waals surface area contributed by atoms with Gasteiger partial charge in [0.05, 0.1) is 6.04 Å². The number of carbonyl (C=O) groups is 2. The average molecular weight is 445 g/mol. The molecule has 176 valence electrons. The van der Waals surface area contributed by atoms with Crippen molar-refractivity contribution in [2.24, 2.45) is 5.92 Å². The number of rotatable bonds is 5. The van der Waals surface area contributed by atoms with Gasteiger partial charge in [-0.15, -0.1) is 0 Å². The summed E-state index contributed by atoms with van der Waals surface area (Å²) in [6.45, 7) is 9.39. The molecule has 0 spiro atoms. The van der Waals surface area contributed by atoms with E-state index in [4.69, 9.17) is 9.47 Å². The number of amides is 3. The zero-order valence-corrected chi connectivity index (χ0v) is 19.5. The molecule has 1 atom stereocenters. The lowest BCUT2D eigenvalue weighted by Crippen LogP contribution is -2.60. The maximum Gasteiger partial charge on any atom is 0.317 e. The Kier molecular flexibility index (Phi) is 6.79. The molecular formula is C24H36N4O4. The molecular weight excluding hydrogens is 408 g/mol. The van der Waals surface area contributed by atoms with E-state index in [0.29, 0.717) is 25.6 Å². The van der Waals surface area contributed by atoms with Crippen LogP contribution in [0.15, 0.2) is 18.2 Å². The van der Waals surface area contributed by atoms with E-state index < -0.39 is 0 Å². The minimum atomic E-state index is -0.255. The minimum Gasteiger partial charge on any atom is -0.454 e. The van der Waals surface area contributed by atoms with Crippen molar-refractivity contribution in [3.63, 3.8) is 0 Å². The van der Waals surface area contributed by atoms with E-state index in [0.717, 1.165) is 43.0 Å². The van der Waals surface area contributed by atoms with Gasteiger partial charge in [0.2, 0.25) is 12.7 Å². The largest absolute Gasteiger partial charge is 0.454 e. The molecule has 2 aliphatic heterocycles. The Balaban J connectivity index is 1.36. The molecule has 3 aliphatic rings. The van der Waals surface area contributed by atoms with Crippen molar-refractivity contribution in [3.8, 4) is 11.5 Å². The van der Waals surface area contributed by atoms with Gasteiger partial charge in [0, 0.05) is 38.3 Å². The standard InChI is InChI=1S/C24H36N4O4/c1-24(2,3)26-23(30)28-12-10-27(11-13-28)21(18-6-4-5-7-18)22(29)25-15-17-8-9-19-20(14-17)32-16-31-19/h8-9,14,18,21H,4-7,10-13,15-16H2,1-3H3,(H,25,29)(H,26,30). The molecule has 0 radical (unpaired) electrons. The summed E-state index contributed by atoms with van der Waals surface area (Å²) >= 11 is 0. The Labute approximate surface area is 190 Å². The van der Waals surface area contributed by atoms with Gasteiger partial charge < -0.3 is 25.0 Å². The molecule has 8 heteroatoms. The molecule has 2 heterocycles. The Bertz CT molecular complexity index is 824. The highest BCUT2D eigenvalue weighted by Gasteiger charge is 2.37. The highest BCUT2D eigenvalue weighted by Crippen LogP contribution is 2.33. The van der Waals surface area contributed by atoms with Crippen LogP contribution < -0.4 is 20.1 Å². The fourth-order valence-electron chi connectivity index (χ4n) is 4.90. The first-order valence-corrected chi connectivity index (χ1v) is 11.8. The summed E-state index contributed by atoms with van der Waals surface area (Å²) < 4.78 is 10.8. The molecule has 1 aromatic rings. The second-order valence-electron chi connectivity index (χ2n) is 10.1. The van der Waals surface area contributed by atoms with Crippen molar-refractivity contribution in [2.75, 3.05) is 33.0 Å². The number of ether oxygens (including phenoxy) is 2. The van der Waals surface area contributed by atoms with Crippen LogP contribution in [0.3, 0.4) is 0 Å². The first-order chi connectivity index (χ1) is 15.3. The molecule has 2 fully saturated rings. The maximum atomic E-state index is 13.3. The van der Waals surface area contributed by atoms with Crippen LogP contribution >= 0.6 is 0 Å². The number of piperazine rings is 1. The summed E-state index contributed by atoms with van der Waals surface area (Å²) in [4.78, 5) is 30.0. The van der Waals surface area contributed by atoms with Crippen LogP contribution in [0, 0.1) is 5.92 Å². The van der Waals surface area contributed by atoms with Gasteiger partial charge in [0.1, 0.15) is 0 Å². The van der Waals surface area contributed by atoms with Gasteiger partial charge in [-0.2, -0.15) is 0 Å². The molecule has 0 aromatic heterocycles. The molecule has 1 aliphatic carbocycles. The van der Waals surface area contributed by atoms with Crippen LogP contribution in [0.1, 0.15) is 52.0 Å². The van der Waals surface area contributed by atoms with Gasteiger partial charge >= 0.3 is 6.03 Å². The number of benzene rings is 1. The number of hydrogen-bond acceptors (Lipinski definition) is 5. The summed E-state index contributed by atoms with van der Waals surface area (Å²) in [5.74, 6) is 1.94. The highest BCUT2D eigenvalue weighted by molar-refractivity contribution is 5.82. The molecule has 0 bridgehead atoms. The quantitative estimate of drug-likeness (QED) is 0.730. The number of hydrogen-bond donors (Lipinski definition) is 2. The van der Waals surface area contributed by atoms with Crippen LogP contribution in [0.25, 0.3) is 0 Å². The Hall–Kier alpha value is -2.48. The summed E-state index contributed by atoms with van der Waals surface area (Å²) in [6.07, 6.45) is 4.55. The van der Waals surface area contributed by atoms with E-state index in [1.54, 1.807) is 0 Å². The van der Waals surface area contributed by atoms with Crippen LogP contribution in [-0.4, -0.2) is 66.3 Å². The van der Waals surface area contributed by atoms with E-state index in [1.165, 1.54) is 12.8 Å². The van der Waals surface area contributed by atoms with Crippen molar-refractivity contribution in [2.45, 2.75) is 64.6 Å². The first kappa shape index (κ1) is 22.7. The van der Waals surface area contributed by atoms with Crippen molar-refractivity contribution in [1.29, 1.82) is 0 Å². The Morgan fingerprint density at radius 3 is 2.44 bits per heavy atom. The van der Waals surface area contributed by atoms with Crippen molar-refractivity contribution < 1.29 is 19.1 Å². The molecule has 1 saturated carbocycles. The summed E-state index contributed by atoms with van der Waals surface area (Å²) in [5, 5.41) is 6.20. The third-order valence-electron chi connectivity index (χ3n) is 6.50. The summed E-state index contributed by atoms with van der Waals surface area (Å²) in [7, 11) is 0. The van der Waals surface area contributed by atoms with E-state index in [9.17, 15) is 9.59 Å². The van der Waals surface area contributed by atoms with E-state index >= 15 is 0 Å². The van der Waals surface area contributed by atoms with E-state index in [1.807, 2.05) is 43.9 Å². The molecule has 1 aromatic carbocycles. The average Bonchev–Trinajstić information content (AvgIpc) is 3.43. The lowest BCUT2D eigenvalue weighted by molar-refractivity contribution is -0.129. The lowest BCUT2D eigenvalue weighted by atomic mass is 9.95. The van der Waals surface area contributed by atoms with Gasteiger partial charge in [0.15, 0.2) is 11.5 Å². The van der Waals surface area contributed by atoms with Crippen LogP contribution in [0.2, 0.25) is 0 Å². The van der Waals surface area contributed by atoms with Crippen molar-refractivity contribution >= 4 is 11.9 Å². The van der Waals surface area contributed by atoms with Gasteiger partial charge in [-0.05, 0) is 57.2 Å². The van der Waals surface area contributed by atoms with Gasteiger partial charge in [-0.3, -0.25) is 9.69 Å². The van der Waals surface area contributed by atoms with Gasteiger partial charge in [-0.25, -0.2) is 4.79 Å². The first-order valence-electron chi connectivity index (χ1n) is 11.8. The molecule has 4 rings (SSSR count). The Morgan fingerprint density at radius 2 is 1.75 bits per heavy atom. The molecule has 8 nitrogen and oxygen atoms in total. The van der Waals surface area contributed by atoms with Crippen LogP contribution in [-0.2, 0) is 11.3 Å². The second kappa shape index (κ2) is 9.57. The van der Waals surface area contributed by atoms with Crippen molar-refractivity contribution in [1.82, 2.24) is 20.4 Å². The number of carbonyl (C=O) groups excluding carboxylic acids is 2. The lowest BCUT2D eigenvalue weighted by Gasteiger charge is -2.41. The maximum absolute atomic E-state index is 13.3. The number of urea groups is 1. The third-order valence-corrected chi connectivity index (χ3v) is 6.50. The fourth-order valence-corrected chi connectivity index (χ4v) is 4.90. The molecule has 1 saturated heterocycles. The zero-order chi connectivity index (χ0) is 22.7. The molecule has 32 heavy (non-hydrogen) atoms. The predicted molar refractivity (Wildman–Crippen MR) is 122 cm³/mol. The Morgan fingerprint density at radius 1 is 1.06 bits per heavy atom. The van der Waals surface area contributed by atoms with Crippen molar-refractivity contribution in [3.05, 3.63) is 23.8 Å². The molecule has 2 N–H and O–H groups in total.